The standard InChI is InChI=1S/C20H31N3O2/c1-2-7-19(24)23-13-6-10-18(16-23)20(25)22(15-12-21)14-11-17-8-4-3-5-9-17/h3-5,8-9,18H,2,6-7,10-16,21H2,1H3. The summed E-state index contributed by atoms with van der Waals surface area (Å²) in [5.41, 5.74) is 6.95. The molecule has 2 rings (SSSR count). The van der Waals surface area contributed by atoms with E-state index in [1.54, 1.807) is 0 Å². The van der Waals surface area contributed by atoms with E-state index in [0.717, 1.165) is 32.2 Å². The van der Waals surface area contributed by atoms with Crippen molar-refractivity contribution >= 4 is 11.8 Å². The SMILES string of the molecule is CCCC(=O)N1CCCC(C(=O)N(CCN)CCc2ccccc2)C1. The van der Waals surface area contributed by atoms with Gasteiger partial charge in [0.05, 0.1) is 5.92 Å². The molecule has 1 atom stereocenters. The molecule has 0 aliphatic carbocycles. The van der Waals surface area contributed by atoms with Gasteiger partial charge in [0, 0.05) is 39.1 Å². The van der Waals surface area contributed by atoms with Crippen molar-refractivity contribution in [1.82, 2.24) is 9.80 Å². The lowest BCUT2D eigenvalue weighted by molar-refractivity contribution is -0.140. The van der Waals surface area contributed by atoms with Crippen LogP contribution in [0.2, 0.25) is 0 Å². The summed E-state index contributed by atoms with van der Waals surface area (Å²) < 4.78 is 0. The van der Waals surface area contributed by atoms with Crippen molar-refractivity contribution in [3.63, 3.8) is 0 Å². The summed E-state index contributed by atoms with van der Waals surface area (Å²) in [5, 5.41) is 0. The number of rotatable bonds is 8. The van der Waals surface area contributed by atoms with Crippen LogP contribution in [0.25, 0.3) is 0 Å². The Hall–Kier alpha value is -1.88. The molecule has 1 aromatic carbocycles. The van der Waals surface area contributed by atoms with E-state index in [1.807, 2.05) is 34.9 Å². The third kappa shape index (κ3) is 5.85. The number of hydrogen-bond acceptors (Lipinski definition) is 3. The maximum Gasteiger partial charge on any atom is 0.227 e. The van der Waals surface area contributed by atoms with Crippen LogP contribution in [0.15, 0.2) is 30.3 Å². The molecule has 1 saturated heterocycles. The number of benzene rings is 1. The topological polar surface area (TPSA) is 66.6 Å². The monoisotopic (exact) mass is 345 g/mol. The molecule has 0 saturated carbocycles. The lowest BCUT2D eigenvalue weighted by Gasteiger charge is -2.35. The van der Waals surface area contributed by atoms with Gasteiger partial charge in [-0.1, -0.05) is 37.3 Å². The van der Waals surface area contributed by atoms with Crippen LogP contribution in [0.1, 0.15) is 38.2 Å². The van der Waals surface area contributed by atoms with Gasteiger partial charge in [-0.3, -0.25) is 9.59 Å². The van der Waals surface area contributed by atoms with E-state index in [9.17, 15) is 9.59 Å². The van der Waals surface area contributed by atoms with Crippen LogP contribution in [0.5, 0.6) is 0 Å². The molecule has 138 valence electrons. The summed E-state index contributed by atoms with van der Waals surface area (Å²) in [6, 6.07) is 10.2. The number of piperidine rings is 1. The van der Waals surface area contributed by atoms with E-state index in [2.05, 4.69) is 12.1 Å². The highest BCUT2D eigenvalue weighted by molar-refractivity contribution is 5.81. The first kappa shape index (κ1) is 19.4. The molecule has 1 heterocycles. The highest BCUT2D eigenvalue weighted by Gasteiger charge is 2.30. The minimum Gasteiger partial charge on any atom is -0.342 e. The zero-order valence-electron chi connectivity index (χ0n) is 15.3. The zero-order valence-corrected chi connectivity index (χ0v) is 15.3. The third-order valence-electron chi connectivity index (χ3n) is 4.81. The van der Waals surface area contributed by atoms with E-state index in [4.69, 9.17) is 5.73 Å². The Labute approximate surface area is 151 Å². The van der Waals surface area contributed by atoms with Crippen LogP contribution in [-0.2, 0) is 16.0 Å². The average Bonchev–Trinajstić information content (AvgIpc) is 2.65. The number of likely N-dealkylation sites (tertiary alicyclic amines) is 1. The fraction of sp³-hybridized carbons (Fsp3) is 0.600. The molecule has 25 heavy (non-hydrogen) atoms. The summed E-state index contributed by atoms with van der Waals surface area (Å²) in [6.07, 6.45) is 4.02. The van der Waals surface area contributed by atoms with E-state index < -0.39 is 0 Å². The van der Waals surface area contributed by atoms with Crippen molar-refractivity contribution in [3.8, 4) is 0 Å². The summed E-state index contributed by atoms with van der Waals surface area (Å²) in [7, 11) is 0. The molecule has 1 aliphatic rings. The Kier molecular flexibility index (Phi) is 7.92. The number of nitrogens with two attached hydrogens (primary N) is 1. The molecule has 5 nitrogen and oxygen atoms in total. The summed E-state index contributed by atoms with van der Waals surface area (Å²) in [6.45, 7) is 5.07. The van der Waals surface area contributed by atoms with Gasteiger partial charge in [0.15, 0.2) is 0 Å². The molecule has 1 aliphatic heterocycles. The predicted molar refractivity (Wildman–Crippen MR) is 100.0 cm³/mol. The van der Waals surface area contributed by atoms with Gasteiger partial charge in [0.25, 0.3) is 0 Å². The molecule has 1 fully saturated rings. The Morgan fingerprint density at radius 3 is 2.68 bits per heavy atom. The van der Waals surface area contributed by atoms with E-state index >= 15 is 0 Å². The van der Waals surface area contributed by atoms with Crippen molar-refractivity contribution in [1.29, 1.82) is 0 Å². The summed E-state index contributed by atoms with van der Waals surface area (Å²) in [5.74, 6) is 0.238. The largest absolute Gasteiger partial charge is 0.342 e. The van der Waals surface area contributed by atoms with Crippen LogP contribution >= 0.6 is 0 Å². The Morgan fingerprint density at radius 1 is 1.24 bits per heavy atom. The Bertz CT molecular complexity index is 547. The lowest BCUT2D eigenvalue weighted by Crippen LogP contribution is -2.48. The van der Waals surface area contributed by atoms with Gasteiger partial charge in [-0.2, -0.15) is 0 Å². The summed E-state index contributed by atoms with van der Waals surface area (Å²) >= 11 is 0. The quantitative estimate of drug-likeness (QED) is 0.784. The van der Waals surface area contributed by atoms with Gasteiger partial charge < -0.3 is 15.5 Å². The molecule has 0 aromatic heterocycles. The number of nitrogens with zero attached hydrogens (tertiary/aromatic N) is 2. The first-order valence-corrected chi connectivity index (χ1v) is 9.46. The molecule has 0 radical (unpaired) electrons. The van der Waals surface area contributed by atoms with Crippen molar-refractivity contribution in [3.05, 3.63) is 35.9 Å². The van der Waals surface area contributed by atoms with Gasteiger partial charge in [0.1, 0.15) is 0 Å². The smallest absolute Gasteiger partial charge is 0.227 e. The molecule has 5 heteroatoms. The maximum atomic E-state index is 13.0. The van der Waals surface area contributed by atoms with Gasteiger partial charge in [-0.05, 0) is 31.2 Å². The number of carbonyl (C=O) groups is 2. The fourth-order valence-corrected chi connectivity index (χ4v) is 3.43. The van der Waals surface area contributed by atoms with Gasteiger partial charge in [-0.25, -0.2) is 0 Å². The predicted octanol–water partition coefficient (Wildman–Crippen LogP) is 2.06. The van der Waals surface area contributed by atoms with E-state index in [0.29, 0.717) is 32.6 Å². The minimum atomic E-state index is -0.0862. The van der Waals surface area contributed by atoms with Crippen molar-refractivity contribution in [2.24, 2.45) is 11.7 Å². The van der Waals surface area contributed by atoms with E-state index in [-0.39, 0.29) is 17.7 Å². The average molecular weight is 345 g/mol. The Balaban J connectivity index is 1.94. The molecular weight excluding hydrogens is 314 g/mol. The molecular formula is C20H31N3O2. The highest BCUT2D eigenvalue weighted by Crippen LogP contribution is 2.20. The van der Waals surface area contributed by atoms with Crippen LogP contribution in [0, 0.1) is 5.92 Å². The third-order valence-corrected chi connectivity index (χ3v) is 4.81. The van der Waals surface area contributed by atoms with Crippen molar-refractivity contribution in [2.45, 2.75) is 39.0 Å². The molecule has 0 bridgehead atoms. The fourth-order valence-electron chi connectivity index (χ4n) is 3.43. The van der Waals surface area contributed by atoms with Crippen molar-refractivity contribution < 1.29 is 9.59 Å². The Morgan fingerprint density at radius 2 is 2.00 bits per heavy atom. The zero-order chi connectivity index (χ0) is 18.1. The second-order valence-electron chi connectivity index (χ2n) is 6.78. The first-order chi connectivity index (χ1) is 12.2. The second-order valence-corrected chi connectivity index (χ2v) is 6.78. The summed E-state index contributed by atoms with van der Waals surface area (Å²) in [4.78, 5) is 28.9. The normalized spacial score (nSPS) is 17.4. The minimum absolute atomic E-state index is 0.0862. The number of carbonyl (C=O) groups excluding carboxylic acids is 2. The molecule has 2 amide bonds. The second kappa shape index (κ2) is 10.2. The maximum absolute atomic E-state index is 13.0. The number of hydrogen-bond donors (Lipinski definition) is 1. The van der Waals surface area contributed by atoms with Crippen LogP contribution in [0.3, 0.4) is 0 Å². The molecule has 1 unspecified atom stereocenters. The molecule has 0 spiro atoms. The van der Waals surface area contributed by atoms with Crippen LogP contribution in [-0.4, -0.2) is 54.3 Å². The van der Waals surface area contributed by atoms with Gasteiger partial charge in [-0.15, -0.1) is 0 Å². The van der Waals surface area contributed by atoms with Crippen LogP contribution < -0.4 is 5.73 Å². The van der Waals surface area contributed by atoms with Gasteiger partial charge in [0.2, 0.25) is 11.8 Å². The lowest BCUT2D eigenvalue weighted by atomic mass is 9.95. The van der Waals surface area contributed by atoms with Crippen molar-refractivity contribution in [2.75, 3.05) is 32.7 Å². The molecule has 2 N–H and O–H groups in total. The van der Waals surface area contributed by atoms with E-state index in [1.165, 1.54) is 5.56 Å². The first-order valence-electron chi connectivity index (χ1n) is 9.46. The van der Waals surface area contributed by atoms with Gasteiger partial charge >= 0.3 is 0 Å². The highest BCUT2D eigenvalue weighted by atomic mass is 16.2. The number of amides is 2. The molecule has 1 aromatic rings. The van der Waals surface area contributed by atoms with Crippen LogP contribution in [0.4, 0.5) is 0 Å².